The predicted octanol–water partition coefficient (Wildman–Crippen LogP) is 1.08. The van der Waals surface area contributed by atoms with E-state index in [1.165, 1.54) is 10.9 Å². The van der Waals surface area contributed by atoms with Crippen LogP contribution in [0.3, 0.4) is 0 Å². The van der Waals surface area contributed by atoms with Crippen LogP contribution in [0.4, 0.5) is 10.6 Å². The van der Waals surface area contributed by atoms with Gasteiger partial charge in [-0.25, -0.2) is 28.9 Å². The number of phosphoric acid groups is 2. The molecular formula is C47H63N11O19P2S. The molecule has 5 aromatic rings. The van der Waals surface area contributed by atoms with Gasteiger partial charge in [0.25, 0.3) is 0 Å². The van der Waals surface area contributed by atoms with Crippen LogP contribution in [0.2, 0.25) is 0 Å². The minimum Gasteiger partial charge on any atom is -0.481 e. The van der Waals surface area contributed by atoms with E-state index in [2.05, 4.69) is 50.5 Å². The highest BCUT2D eigenvalue weighted by atomic mass is 32.2. The highest BCUT2D eigenvalue weighted by Crippen LogP contribution is 2.61. The summed E-state index contributed by atoms with van der Waals surface area (Å²) in [5.74, 6) is -2.24. The number of phosphoric ester groups is 2. The second-order valence-corrected chi connectivity index (χ2v) is 22.8. The number of carbonyl (C=O) groups is 4. The molecule has 2 unspecified atom stereocenters. The first-order valence-corrected chi connectivity index (χ1v) is 28.9. The molecule has 0 bridgehead atoms. The molecule has 3 amide bonds. The van der Waals surface area contributed by atoms with Crippen LogP contribution < -0.4 is 27.0 Å². The van der Waals surface area contributed by atoms with E-state index in [1.54, 1.807) is 50.4 Å². The van der Waals surface area contributed by atoms with E-state index in [0.29, 0.717) is 5.56 Å². The number of imidazole rings is 1. The maximum atomic E-state index is 14.1. The maximum Gasteiger partial charge on any atom is 0.481 e. The monoisotopic (exact) mass is 1180 g/mol. The number of nitrogen functional groups attached to an aromatic ring is 1. The molecule has 12 atom stereocenters. The standard InChI is InChI=1S/C47H63N11O19P2S/c1-25(2)55-43(66)31(18-27-19-51-29-13-7-6-12-28(27)29)56-42(65)30(57-47(67)72-20-26-10-4-3-5-11-26)14-8-9-16-49-46(50-17-15-34(59)60)80-45-39(64)37(62)33(76-45)22-74-79(70,71)77-78(68,69)73-21-32-36(61)38(63)44(75-32)58-24-54-35-40(48)52-23-53-41(35)58/h3-7,10-13,19,23-25,30-33,36-39,44-45,51,61-64H,8-9,14-18,20-22H2,1-2H3,(H,49,50)(H,55,66)(H,56,65)(H,57,67)(H,59,60)(H,68,69)(H,70,71)(H2,48,52,53)/t30-,31-,32+,33+,36+,37+,38+,39+,44+,45+/m0/s1. The summed E-state index contributed by atoms with van der Waals surface area (Å²) in [7, 11) is -11.0. The average molecular weight is 1180 g/mol. The number of nitrogens with one attached hydrogen (secondary N) is 5. The minimum atomic E-state index is -5.53. The van der Waals surface area contributed by atoms with Crippen LogP contribution >= 0.6 is 27.4 Å². The van der Waals surface area contributed by atoms with Crippen molar-refractivity contribution < 1.29 is 91.2 Å². The second-order valence-electron chi connectivity index (χ2n) is 18.7. The van der Waals surface area contributed by atoms with Gasteiger partial charge >= 0.3 is 27.7 Å². The lowest BCUT2D eigenvalue weighted by Crippen LogP contribution is -2.55. The number of benzene rings is 2. The highest BCUT2D eigenvalue weighted by molar-refractivity contribution is 8.14. The van der Waals surface area contributed by atoms with E-state index < -0.39 is 113 Å². The van der Waals surface area contributed by atoms with E-state index in [0.717, 1.165) is 34.6 Å². The molecule has 14 N–H and O–H groups in total. The molecule has 2 aliphatic rings. The van der Waals surface area contributed by atoms with Gasteiger partial charge in [-0.2, -0.15) is 4.31 Å². The van der Waals surface area contributed by atoms with Gasteiger partial charge in [-0.1, -0.05) is 60.3 Å². The Balaban J connectivity index is 0.932. The molecule has 5 heterocycles. The van der Waals surface area contributed by atoms with Crippen LogP contribution in [-0.4, -0.2) is 175 Å². The molecule has 2 fully saturated rings. The van der Waals surface area contributed by atoms with Crippen LogP contribution in [0.15, 0.2) is 78.4 Å². The summed E-state index contributed by atoms with van der Waals surface area (Å²) in [6.45, 7) is 1.40. The zero-order valence-corrected chi connectivity index (χ0v) is 45.6. The molecule has 0 saturated carbocycles. The molecule has 30 nitrogen and oxygen atoms in total. The fourth-order valence-electron chi connectivity index (χ4n) is 8.34. The number of aliphatic carboxylic acids is 1. The number of alkyl carbamates (subject to hydrolysis) is 1. The highest BCUT2D eigenvalue weighted by Gasteiger charge is 2.48. The predicted molar refractivity (Wildman–Crippen MR) is 284 cm³/mol. The summed E-state index contributed by atoms with van der Waals surface area (Å²) in [4.78, 5) is 92.4. The summed E-state index contributed by atoms with van der Waals surface area (Å²) >= 11 is 0.725. The summed E-state index contributed by atoms with van der Waals surface area (Å²) in [6, 6.07) is 13.9. The fourth-order valence-corrected chi connectivity index (χ4v) is 11.5. The molecule has 0 radical (unpaired) electrons. The zero-order chi connectivity index (χ0) is 57.7. The number of anilines is 1. The van der Waals surface area contributed by atoms with Crippen molar-refractivity contribution in [1.82, 2.24) is 45.8 Å². The normalized spacial score (nSPS) is 23.5. The van der Waals surface area contributed by atoms with E-state index >= 15 is 0 Å². The fraction of sp³-hybridized carbons (Fsp3) is 0.489. The molecule has 2 aromatic carbocycles. The van der Waals surface area contributed by atoms with Crippen LogP contribution in [0.5, 0.6) is 0 Å². The summed E-state index contributed by atoms with van der Waals surface area (Å²) in [5, 5.41) is 64.4. The number of aliphatic hydroxyl groups excluding tert-OH is 4. The van der Waals surface area contributed by atoms with Crippen molar-refractivity contribution in [2.24, 2.45) is 4.99 Å². The number of aliphatic imine (C=N–C) groups is 1. The number of carbonyl (C=O) groups excluding carboxylic acids is 3. The number of thioether (sulfide) groups is 1. The van der Waals surface area contributed by atoms with Crippen molar-refractivity contribution in [3.8, 4) is 0 Å². The molecule has 3 aromatic heterocycles. The van der Waals surface area contributed by atoms with Crippen LogP contribution in [-0.2, 0) is 64.1 Å². The Kier molecular flexibility index (Phi) is 21.5. The number of aromatic amines is 1. The number of para-hydroxylation sites is 1. The van der Waals surface area contributed by atoms with Crippen LogP contribution in [0.1, 0.15) is 56.9 Å². The van der Waals surface area contributed by atoms with Gasteiger partial charge in [0.05, 0.1) is 26.0 Å². The number of aromatic nitrogens is 5. The Hall–Kier alpha value is -6.15. The lowest BCUT2D eigenvalue weighted by Gasteiger charge is -2.24. The van der Waals surface area contributed by atoms with E-state index in [4.69, 9.17) is 29.0 Å². The molecule has 80 heavy (non-hydrogen) atoms. The van der Waals surface area contributed by atoms with Crippen molar-refractivity contribution in [1.29, 1.82) is 0 Å². The number of amidine groups is 1. The first kappa shape index (κ1) is 61.5. The number of aliphatic hydroxyl groups is 4. The molecule has 2 aliphatic heterocycles. The number of unbranched alkanes of at least 4 members (excludes halogenated alkanes) is 1. The number of hydrogen-bond donors (Lipinski definition) is 13. The third kappa shape index (κ3) is 17.0. The van der Waals surface area contributed by atoms with Gasteiger partial charge in [0.2, 0.25) is 11.8 Å². The lowest BCUT2D eigenvalue weighted by atomic mass is 10.0. The minimum absolute atomic E-state index is 0.0215. The number of hydrogen-bond acceptors (Lipinski definition) is 22. The molecule has 0 aliphatic carbocycles. The maximum absolute atomic E-state index is 14.1. The van der Waals surface area contributed by atoms with Gasteiger partial charge in [-0.15, -0.1) is 0 Å². The quantitative estimate of drug-likeness (QED) is 0.0151. The molecule has 0 spiro atoms. The van der Waals surface area contributed by atoms with Gasteiger partial charge in [-0.3, -0.25) is 33.0 Å². The number of H-pyrrole nitrogens is 1. The molecule has 33 heteroatoms. The average Bonchev–Trinajstić information content (AvgIpc) is 4.18. The first-order valence-electron chi connectivity index (χ1n) is 25.0. The van der Waals surface area contributed by atoms with E-state index in [-0.39, 0.29) is 80.0 Å². The van der Waals surface area contributed by atoms with Gasteiger partial charge in [0.15, 0.2) is 22.9 Å². The van der Waals surface area contributed by atoms with Crippen molar-refractivity contribution >= 4 is 84.3 Å². The number of carboxylic acid groups (broad SMARTS) is 1. The van der Waals surface area contributed by atoms with Crippen LogP contribution in [0.25, 0.3) is 22.1 Å². The molecule has 7 rings (SSSR count). The summed E-state index contributed by atoms with van der Waals surface area (Å²) < 4.78 is 57.7. The largest absolute Gasteiger partial charge is 0.481 e. The first-order chi connectivity index (χ1) is 38.1. The van der Waals surface area contributed by atoms with E-state index in [1.807, 2.05) is 24.3 Å². The van der Waals surface area contributed by atoms with Gasteiger partial charge in [0.1, 0.15) is 72.6 Å². The van der Waals surface area contributed by atoms with Crippen molar-refractivity contribution in [2.45, 2.75) is 119 Å². The van der Waals surface area contributed by atoms with Gasteiger partial charge < -0.3 is 81.5 Å². The molecular weight excluding hydrogens is 1120 g/mol. The smallest absolute Gasteiger partial charge is 0.481 e. The Bertz CT molecular complexity index is 3050. The number of fused-ring (bicyclic) bond motifs is 2. The Labute approximate surface area is 460 Å². The molecule has 436 valence electrons. The third-order valence-corrected chi connectivity index (χ3v) is 16.0. The molecule has 2 saturated heterocycles. The number of ether oxygens (including phenoxy) is 3. The van der Waals surface area contributed by atoms with Crippen molar-refractivity contribution in [3.05, 3.63) is 84.6 Å². The van der Waals surface area contributed by atoms with E-state index in [9.17, 15) is 63.6 Å². The van der Waals surface area contributed by atoms with Crippen LogP contribution in [0, 0.1) is 0 Å². The Morgan fingerprint density at radius 2 is 1.52 bits per heavy atom. The number of amides is 3. The summed E-state index contributed by atoms with van der Waals surface area (Å²) in [5.41, 5.74) is 7.07. The second kappa shape index (κ2) is 28.0. The number of rotatable bonds is 27. The van der Waals surface area contributed by atoms with Crippen molar-refractivity contribution in [3.63, 3.8) is 0 Å². The Morgan fingerprint density at radius 3 is 2.24 bits per heavy atom. The number of nitrogens with two attached hydrogens (primary N) is 1. The zero-order valence-electron chi connectivity index (χ0n) is 43.0. The Morgan fingerprint density at radius 1 is 0.850 bits per heavy atom. The van der Waals surface area contributed by atoms with Crippen molar-refractivity contribution in [2.75, 3.05) is 32.0 Å². The summed E-state index contributed by atoms with van der Waals surface area (Å²) in [6.07, 6.45) is -7.71. The van der Waals surface area contributed by atoms with Gasteiger partial charge in [-0.05, 0) is 50.3 Å². The number of nitrogens with zero attached hydrogens (tertiary/aromatic N) is 5. The SMILES string of the molecule is CC(C)NC(=O)[C@H](Cc1c[nH]c2ccccc12)NC(=O)[C@H](CCCCN=C(NCCC(=O)O)S[C@H]1O[C@H](COP(=O)(O)OP(=O)(O)OC[C@H]2O[C@@H](n3cnc4c(N)ncnc43)[C@H](O)[C@@H]2O)[C@@H](O)[C@H]1O)NC(=O)OCc1ccccc1. The number of carboxylic acids is 1. The third-order valence-electron chi connectivity index (χ3n) is 12.3. The lowest BCUT2D eigenvalue weighted by molar-refractivity contribution is -0.136. The topological polar surface area (TPSA) is 445 Å². The van der Waals surface area contributed by atoms with Gasteiger partial charge in [0, 0.05) is 42.7 Å².